The Bertz CT molecular complexity index is 334. The Labute approximate surface area is 90.8 Å². The summed E-state index contributed by atoms with van der Waals surface area (Å²) < 4.78 is 29.6. The quantitative estimate of drug-likeness (QED) is 0.727. The summed E-state index contributed by atoms with van der Waals surface area (Å²) in [6, 6.07) is 6.60. The van der Waals surface area contributed by atoms with Gasteiger partial charge in [0, 0.05) is 0 Å². The lowest BCUT2D eigenvalue weighted by molar-refractivity contribution is -0.154. The first kappa shape index (κ1) is 12.5. The molecule has 0 fully saturated rings. The Morgan fingerprint density at radius 1 is 1.44 bits per heavy atom. The molecule has 1 aromatic carbocycles. The van der Waals surface area contributed by atoms with Crippen molar-refractivity contribution in [3.05, 3.63) is 35.9 Å². The zero-order valence-electron chi connectivity index (χ0n) is 8.27. The van der Waals surface area contributed by atoms with Gasteiger partial charge >= 0.3 is 5.97 Å². The van der Waals surface area contributed by atoms with Crippen molar-refractivity contribution in [2.24, 2.45) is 0 Å². The maximum absolute atomic E-state index is 13.1. The molecular formula is C10H11F2NO3. The number of aliphatic carboxylic acids is 1. The van der Waals surface area contributed by atoms with Gasteiger partial charge in [-0.05, 0) is 5.56 Å². The highest BCUT2D eigenvalue weighted by atomic mass is 19.2. The zero-order chi connectivity index (χ0) is 12.0. The summed E-state index contributed by atoms with van der Waals surface area (Å²) in [4.78, 5) is 10.4. The van der Waals surface area contributed by atoms with Crippen molar-refractivity contribution in [1.82, 2.24) is 5.54 Å². The van der Waals surface area contributed by atoms with Gasteiger partial charge in [-0.1, -0.05) is 30.3 Å². The van der Waals surface area contributed by atoms with E-state index in [4.69, 9.17) is 5.11 Å². The van der Waals surface area contributed by atoms with E-state index < -0.39 is 18.4 Å². The van der Waals surface area contributed by atoms with Crippen LogP contribution in [0.15, 0.2) is 30.3 Å². The normalized spacial score (nSPS) is 14.4. The van der Waals surface area contributed by atoms with Gasteiger partial charge in [-0.15, -0.1) is 10.0 Å². The summed E-state index contributed by atoms with van der Waals surface area (Å²) in [5, 5.41) is 8.42. The molecule has 1 unspecified atom stereocenters. The molecule has 0 aliphatic carbocycles. The molecule has 0 radical (unpaired) electrons. The third-order valence-corrected chi connectivity index (χ3v) is 1.90. The Balaban J connectivity index is 2.46. The number of rotatable bonds is 6. The SMILES string of the molecule is O=C(O)[C@H](NF)C(F)OCc1ccccc1. The molecule has 0 aromatic heterocycles. The van der Waals surface area contributed by atoms with Crippen molar-refractivity contribution in [3.63, 3.8) is 0 Å². The van der Waals surface area contributed by atoms with E-state index in [9.17, 15) is 13.7 Å². The van der Waals surface area contributed by atoms with Crippen LogP contribution < -0.4 is 5.54 Å². The smallest absolute Gasteiger partial charge is 0.328 e. The third kappa shape index (κ3) is 3.56. The summed E-state index contributed by atoms with van der Waals surface area (Å²) >= 11 is 0. The minimum atomic E-state index is -2.25. The minimum Gasteiger partial charge on any atom is -0.480 e. The molecule has 0 amide bonds. The van der Waals surface area contributed by atoms with E-state index in [-0.39, 0.29) is 6.61 Å². The molecule has 6 heteroatoms. The summed E-state index contributed by atoms with van der Waals surface area (Å²) in [5.74, 6) is -1.65. The number of benzene rings is 1. The molecule has 0 aliphatic heterocycles. The van der Waals surface area contributed by atoms with Crippen LogP contribution in [0.5, 0.6) is 0 Å². The van der Waals surface area contributed by atoms with Crippen molar-refractivity contribution >= 4 is 5.97 Å². The highest BCUT2D eigenvalue weighted by Gasteiger charge is 2.28. The van der Waals surface area contributed by atoms with E-state index >= 15 is 0 Å². The molecule has 88 valence electrons. The van der Waals surface area contributed by atoms with Gasteiger partial charge in [0.1, 0.15) is 0 Å². The predicted molar refractivity (Wildman–Crippen MR) is 51.8 cm³/mol. The van der Waals surface area contributed by atoms with E-state index in [1.54, 1.807) is 30.3 Å². The second kappa shape index (κ2) is 6.14. The van der Waals surface area contributed by atoms with Crippen molar-refractivity contribution in [3.8, 4) is 0 Å². The zero-order valence-corrected chi connectivity index (χ0v) is 8.27. The Kier molecular flexibility index (Phi) is 4.81. The number of carboxylic acid groups (broad SMARTS) is 1. The standard InChI is InChI=1S/C10H11F2NO3/c11-9(8(13-12)10(14)15)16-6-7-4-2-1-3-5-7/h1-5,8-9,13H,6H2,(H,14,15)/t8-,9?/m1/s1. The number of nitrogens with one attached hydrogen (secondary N) is 1. The first-order chi connectivity index (χ1) is 7.65. The third-order valence-electron chi connectivity index (χ3n) is 1.90. The van der Waals surface area contributed by atoms with Gasteiger partial charge in [-0.25, -0.2) is 4.39 Å². The molecule has 2 N–H and O–H groups in total. The lowest BCUT2D eigenvalue weighted by atomic mass is 10.2. The fourth-order valence-electron chi connectivity index (χ4n) is 1.05. The Morgan fingerprint density at radius 2 is 2.06 bits per heavy atom. The number of alkyl halides is 1. The second-order valence-corrected chi connectivity index (χ2v) is 3.07. The molecule has 16 heavy (non-hydrogen) atoms. The molecule has 0 aliphatic rings. The first-order valence-corrected chi connectivity index (χ1v) is 4.53. The van der Waals surface area contributed by atoms with E-state index in [0.29, 0.717) is 5.56 Å². The number of hydrogen-bond acceptors (Lipinski definition) is 3. The largest absolute Gasteiger partial charge is 0.480 e. The van der Waals surface area contributed by atoms with E-state index in [0.717, 1.165) is 5.54 Å². The maximum Gasteiger partial charge on any atom is 0.328 e. The van der Waals surface area contributed by atoms with Gasteiger partial charge in [-0.2, -0.15) is 0 Å². The number of carbonyl (C=O) groups is 1. The number of carboxylic acids is 1. The molecule has 4 nitrogen and oxygen atoms in total. The highest BCUT2D eigenvalue weighted by Crippen LogP contribution is 2.07. The fraction of sp³-hybridized carbons (Fsp3) is 0.300. The first-order valence-electron chi connectivity index (χ1n) is 4.53. The summed E-state index contributed by atoms with van der Waals surface area (Å²) in [5.41, 5.74) is 1.51. The van der Waals surface area contributed by atoms with Gasteiger partial charge < -0.3 is 9.84 Å². The highest BCUT2D eigenvalue weighted by molar-refractivity contribution is 5.73. The van der Waals surface area contributed by atoms with Crippen LogP contribution in [0.1, 0.15) is 5.56 Å². The summed E-state index contributed by atoms with van der Waals surface area (Å²) in [6.45, 7) is -0.118. The van der Waals surface area contributed by atoms with Crippen LogP contribution in [-0.4, -0.2) is 23.5 Å². The molecule has 0 bridgehead atoms. The number of ether oxygens (including phenoxy) is 1. The molecule has 0 spiro atoms. The molecular weight excluding hydrogens is 220 g/mol. The number of hydrogen-bond donors (Lipinski definition) is 2. The lowest BCUT2D eigenvalue weighted by Gasteiger charge is -2.14. The molecule has 0 saturated heterocycles. The van der Waals surface area contributed by atoms with Crippen molar-refractivity contribution in [2.45, 2.75) is 19.0 Å². The van der Waals surface area contributed by atoms with Gasteiger partial charge in [0.05, 0.1) is 6.61 Å². The van der Waals surface area contributed by atoms with Crippen LogP contribution in [0, 0.1) is 0 Å². The van der Waals surface area contributed by atoms with E-state index in [1.165, 1.54) is 0 Å². The van der Waals surface area contributed by atoms with Crippen LogP contribution >= 0.6 is 0 Å². The topological polar surface area (TPSA) is 58.6 Å². The van der Waals surface area contributed by atoms with Crippen LogP contribution in [0.4, 0.5) is 8.87 Å². The van der Waals surface area contributed by atoms with Gasteiger partial charge in [0.15, 0.2) is 6.04 Å². The van der Waals surface area contributed by atoms with Gasteiger partial charge in [0.25, 0.3) is 0 Å². The van der Waals surface area contributed by atoms with Crippen molar-refractivity contribution in [1.29, 1.82) is 0 Å². The second-order valence-electron chi connectivity index (χ2n) is 3.07. The average Bonchev–Trinajstić information content (AvgIpc) is 2.28. The van der Waals surface area contributed by atoms with Gasteiger partial charge in [0.2, 0.25) is 6.36 Å². The van der Waals surface area contributed by atoms with E-state index in [1.807, 2.05) is 0 Å². The molecule has 2 atom stereocenters. The monoisotopic (exact) mass is 231 g/mol. The Hall–Kier alpha value is -1.53. The lowest BCUT2D eigenvalue weighted by Crippen LogP contribution is -2.41. The van der Waals surface area contributed by atoms with Crippen molar-refractivity contribution in [2.75, 3.05) is 0 Å². The summed E-state index contributed by atoms with van der Waals surface area (Å²) in [6.07, 6.45) is -2.25. The van der Waals surface area contributed by atoms with E-state index in [2.05, 4.69) is 4.74 Å². The molecule has 1 aromatic rings. The Morgan fingerprint density at radius 3 is 2.56 bits per heavy atom. The molecule has 1 rings (SSSR count). The van der Waals surface area contributed by atoms with Gasteiger partial charge in [-0.3, -0.25) is 4.79 Å². The minimum absolute atomic E-state index is 0.118. The fourth-order valence-corrected chi connectivity index (χ4v) is 1.05. The van der Waals surface area contributed by atoms with Crippen molar-refractivity contribution < 1.29 is 23.5 Å². The van der Waals surface area contributed by atoms with Crippen LogP contribution in [-0.2, 0) is 16.1 Å². The predicted octanol–water partition coefficient (Wildman–Crippen LogP) is 1.43. The average molecular weight is 231 g/mol. The van der Waals surface area contributed by atoms with Crippen LogP contribution in [0.3, 0.4) is 0 Å². The van der Waals surface area contributed by atoms with Crippen LogP contribution in [0.25, 0.3) is 0 Å². The van der Waals surface area contributed by atoms with Crippen LogP contribution in [0.2, 0.25) is 0 Å². The number of halogens is 2. The maximum atomic E-state index is 13.1. The molecule has 0 saturated carbocycles. The summed E-state index contributed by atoms with van der Waals surface area (Å²) in [7, 11) is 0. The molecule has 0 heterocycles.